The number of hydrogen-bond acceptors (Lipinski definition) is 3. The van der Waals surface area contributed by atoms with Gasteiger partial charge in [-0.05, 0) is 35.4 Å². The molecule has 148 valence electrons. The van der Waals surface area contributed by atoms with Gasteiger partial charge < -0.3 is 14.5 Å². The molecule has 0 aromatic heterocycles. The third-order valence-corrected chi connectivity index (χ3v) is 4.63. The van der Waals surface area contributed by atoms with Crippen LogP contribution in [0.4, 0.5) is 8.78 Å². The lowest BCUT2D eigenvalue weighted by Gasteiger charge is -2.24. The minimum absolute atomic E-state index is 0.0314. The van der Waals surface area contributed by atoms with Crippen molar-refractivity contribution in [3.05, 3.63) is 71.3 Å². The fourth-order valence-corrected chi connectivity index (χ4v) is 3.13. The predicted octanol–water partition coefficient (Wildman–Crippen LogP) is 2.74. The Morgan fingerprint density at radius 1 is 1.07 bits per heavy atom. The molecule has 5 nitrogen and oxygen atoms in total. The quantitative estimate of drug-likeness (QED) is 0.792. The van der Waals surface area contributed by atoms with Crippen LogP contribution in [0.2, 0.25) is 0 Å². The van der Waals surface area contributed by atoms with Crippen molar-refractivity contribution in [1.82, 2.24) is 9.80 Å². The van der Waals surface area contributed by atoms with E-state index in [1.807, 2.05) is 0 Å². The molecule has 0 radical (unpaired) electrons. The maximum absolute atomic E-state index is 13.4. The van der Waals surface area contributed by atoms with E-state index in [1.165, 1.54) is 36.1 Å². The molecular formula is C21H22F2N2O3. The summed E-state index contributed by atoms with van der Waals surface area (Å²) in [6, 6.07) is 12.0. The Morgan fingerprint density at radius 2 is 1.82 bits per heavy atom. The second-order valence-corrected chi connectivity index (χ2v) is 6.86. The van der Waals surface area contributed by atoms with Gasteiger partial charge in [0.15, 0.2) is 0 Å². The van der Waals surface area contributed by atoms with Crippen LogP contribution in [-0.4, -0.2) is 47.4 Å². The third-order valence-electron chi connectivity index (χ3n) is 4.63. The molecule has 1 saturated heterocycles. The van der Waals surface area contributed by atoms with Crippen molar-refractivity contribution in [1.29, 1.82) is 0 Å². The largest absolute Gasteiger partial charge is 0.370 e. The molecular weight excluding hydrogens is 366 g/mol. The molecule has 1 fully saturated rings. The number of halogens is 2. The summed E-state index contributed by atoms with van der Waals surface area (Å²) in [6.07, 6.45) is -0.418. The lowest BCUT2D eigenvalue weighted by molar-refractivity contribution is -0.137. The summed E-state index contributed by atoms with van der Waals surface area (Å²) >= 11 is 0. The number of hydrogen-bond donors (Lipinski definition) is 0. The van der Waals surface area contributed by atoms with E-state index >= 15 is 0 Å². The molecule has 2 aromatic carbocycles. The van der Waals surface area contributed by atoms with E-state index < -0.39 is 6.10 Å². The SMILES string of the molecule is CC(=O)N1CC(=O)N(Cc2ccc(F)cc2)CC(OCc2cccc(F)c2)C1. The summed E-state index contributed by atoms with van der Waals surface area (Å²) in [5.41, 5.74) is 1.46. The summed E-state index contributed by atoms with van der Waals surface area (Å²) in [5.74, 6) is -1.10. The lowest BCUT2D eigenvalue weighted by atomic mass is 10.2. The molecule has 1 atom stereocenters. The van der Waals surface area contributed by atoms with Crippen LogP contribution in [0, 0.1) is 11.6 Å². The van der Waals surface area contributed by atoms with Crippen LogP contribution in [0.1, 0.15) is 18.1 Å². The van der Waals surface area contributed by atoms with Crippen molar-refractivity contribution in [2.24, 2.45) is 0 Å². The second-order valence-electron chi connectivity index (χ2n) is 6.86. The Hall–Kier alpha value is -2.80. The molecule has 28 heavy (non-hydrogen) atoms. The van der Waals surface area contributed by atoms with Crippen LogP contribution in [-0.2, 0) is 27.5 Å². The number of carbonyl (C=O) groups is 2. The molecule has 7 heteroatoms. The summed E-state index contributed by atoms with van der Waals surface area (Å²) in [6.45, 7) is 2.41. The number of rotatable bonds is 5. The highest BCUT2D eigenvalue weighted by molar-refractivity contribution is 5.84. The van der Waals surface area contributed by atoms with E-state index in [0.29, 0.717) is 12.1 Å². The topological polar surface area (TPSA) is 49.9 Å². The van der Waals surface area contributed by atoms with Gasteiger partial charge in [-0.25, -0.2) is 8.78 Å². The fourth-order valence-electron chi connectivity index (χ4n) is 3.13. The molecule has 0 bridgehead atoms. The van der Waals surface area contributed by atoms with Gasteiger partial charge in [-0.3, -0.25) is 9.59 Å². The molecule has 0 saturated carbocycles. The predicted molar refractivity (Wildman–Crippen MR) is 99.0 cm³/mol. The van der Waals surface area contributed by atoms with E-state index in [2.05, 4.69) is 0 Å². The number of benzene rings is 2. The molecule has 1 heterocycles. The van der Waals surface area contributed by atoms with E-state index in [1.54, 1.807) is 29.2 Å². The van der Waals surface area contributed by atoms with Crippen molar-refractivity contribution in [2.45, 2.75) is 26.2 Å². The van der Waals surface area contributed by atoms with Crippen LogP contribution in [0.25, 0.3) is 0 Å². The number of ether oxygens (including phenoxy) is 1. The van der Waals surface area contributed by atoms with Crippen LogP contribution in [0.3, 0.4) is 0 Å². The number of nitrogens with zero attached hydrogens (tertiary/aromatic N) is 2. The zero-order valence-electron chi connectivity index (χ0n) is 15.6. The first-order valence-corrected chi connectivity index (χ1v) is 9.04. The van der Waals surface area contributed by atoms with Gasteiger partial charge in [0.1, 0.15) is 11.6 Å². The minimum atomic E-state index is -0.418. The van der Waals surface area contributed by atoms with E-state index in [9.17, 15) is 18.4 Å². The molecule has 0 spiro atoms. The Kier molecular flexibility index (Phi) is 6.36. The smallest absolute Gasteiger partial charge is 0.242 e. The first kappa shape index (κ1) is 19.9. The molecule has 2 aromatic rings. The number of amides is 2. The van der Waals surface area contributed by atoms with Crippen LogP contribution in [0.15, 0.2) is 48.5 Å². The lowest BCUT2D eigenvalue weighted by Crippen LogP contribution is -2.38. The highest BCUT2D eigenvalue weighted by Gasteiger charge is 2.29. The van der Waals surface area contributed by atoms with Crippen LogP contribution < -0.4 is 0 Å². The average Bonchev–Trinajstić information content (AvgIpc) is 2.81. The minimum Gasteiger partial charge on any atom is -0.370 e. The Balaban J connectivity index is 1.72. The van der Waals surface area contributed by atoms with E-state index in [4.69, 9.17) is 4.74 Å². The van der Waals surface area contributed by atoms with Crippen molar-refractivity contribution < 1.29 is 23.1 Å². The summed E-state index contributed by atoms with van der Waals surface area (Å²) in [4.78, 5) is 27.5. The normalized spacial score (nSPS) is 17.5. The number of carbonyl (C=O) groups excluding carboxylic acids is 2. The third kappa shape index (κ3) is 5.36. The summed E-state index contributed by atoms with van der Waals surface area (Å²) in [5, 5.41) is 0. The van der Waals surface area contributed by atoms with Crippen LogP contribution >= 0.6 is 0 Å². The van der Waals surface area contributed by atoms with Crippen molar-refractivity contribution >= 4 is 11.8 Å². The molecule has 1 aliphatic heterocycles. The van der Waals surface area contributed by atoms with Gasteiger partial charge >= 0.3 is 0 Å². The summed E-state index contributed by atoms with van der Waals surface area (Å²) in [7, 11) is 0. The standard InChI is InChI=1S/C21H22F2N2O3/c1-15(26)24-11-20(28-14-17-3-2-4-19(23)9-17)12-25(21(27)13-24)10-16-5-7-18(22)8-6-16/h2-9,20H,10-14H2,1H3. The molecule has 0 N–H and O–H groups in total. The zero-order chi connectivity index (χ0) is 20.1. The molecule has 1 unspecified atom stereocenters. The zero-order valence-corrected chi connectivity index (χ0v) is 15.6. The van der Waals surface area contributed by atoms with Crippen molar-refractivity contribution in [3.8, 4) is 0 Å². The highest BCUT2D eigenvalue weighted by Crippen LogP contribution is 2.15. The Labute approximate surface area is 162 Å². The molecule has 0 aliphatic carbocycles. The van der Waals surface area contributed by atoms with Gasteiger partial charge in [0.05, 0.1) is 19.3 Å². The molecule has 2 amide bonds. The van der Waals surface area contributed by atoms with Crippen molar-refractivity contribution in [2.75, 3.05) is 19.6 Å². The average molecular weight is 388 g/mol. The highest BCUT2D eigenvalue weighted by atomic mass is 19.1. The van der Waals surface area contributed by atoms with Gasteiger partial charge in [-0.1, -0.05) is 24.3 Å². The van der Waals surface area contributed by atoms with E-state index in [0.717, 1.165) is 5.56 Å². The van der Waals surface area contributed by atoms with E-state index in [-0.39, 0.29) is 49.7 Å². The first-order valence-electron chi connectivity index (χ1n) is 9.04. The van der Waals surface area contributed by atoms with Crippen LogP contribution in [0.5, 0.6) is 0 Å². The monoisotopic (exact) mass is 388 g/mol. The van der Waals surface area contributed by atoms with Gasteiger partial charge in [-0.2, -0.15) is 0 Å². The molecule has 3 rings (SSSR count). The maximum Gasteiger partial charge on any atom is 0.242 e. The van der Waals surface area contributed by atoms with Gasteiger partial charge in [-0.15, -0.1) is 0 Å². The maximum atomic E-state index is 13.4. The fraction of sp³-hybridized carbons (Fsp3) is 0.333. The van der Waals surface area contributed by atoms with Crippen molar-refractivity contribution in [3.63, 3.8) is 0 Å². The van der Waals surface area contributed by atoms with Gasteiger partial charge in [0.25, 0.3) is 0 Å². The molecule has 1 aliphatic rings. The second kappa shape index (κ2) is 8.93. The Bertz CT molecular complexity index is 842. The summed E-state index contributed by atoms with van der Waals surface area (Å²) < 4.78 is 32.4. The first-order chi connectivity index (χ1) is 13.4. The van der Waals surface area contributed by atoms with Gasteiger partial charge in [0, 0.05) is 26.6 Å². The van der Waals surface area contributed by atoms with Gasteiger partial charge in [0.2, 0.25) is 11.8 Å². The Morgan fingerprint density at radius 3 is 2.50 bits per heavy atom.